The fourth-order valence-electron chi connectivity index (χ4n) is 3.53. The van der Waals surface area contributed by atoms with Crippen molar-refractivity contribution >= 4 is 17.2 Å². The Balaban J connectivity index is 1.74. The molecule has 1 aromatic carbocycles. The third-order valence-corrected chi connectivity index (χ3v) is 6.27. The first-order chi connectivity index (χ1) is 13.0. The van der Waals surface area contributed by atoms with Gasteiger partial charge in [0.15, 0.2) is 0 Å². The number of aryl methyl sites for hydroxylation is 1. The van der Waals surface area contributed by atoms with Gasteiger partial charge in [-0.05, 0) is 45.4 Å². The van der Waals surface area contributed by atoms with E-state index in [9.17, 15) is 9.18 Å². The number of nitrogens with one attached hydrogen (secondary N) is 1. The second kappa shape index (κ2) is 8.64. The van der Waals surface area contributed by atoms with Gasteiger partial charge in [0.25, 0.3) is 0 Å². The number of hydrogen-bond acceptors (Lipinski definition) is 4. The van der Waals surface area contributed by atoms with E-state index < -0.39 is 0 Å². The lowest BCUT2D eigenvalue weighted by Gasteiger charge is -2.33. The van der Waals surface area contributed by atoms with E-state index >= 15 is 0 Å². The summed E-state index contributed by atoms with van der Waals surface area (Å²) in [5.41, 5.74) is 1.30. The zero-order valence-corrected chi connectivity index (χ0v) is 16.5. The van der Waals surface area contributed by atoms with Crippen LogP contribution in [0.4, 0.5) is 4.39 Å². The zero-order chi connectivity index (χ0) is 19.4. The van der Waals surface area contributed by atoms with E-state index in [0.29, 0.717) is 17.1 Å². The average Bonchev–Trinajstić information content (AvgIpc) is 3.04. The first kappa shape index (κ1) is 19.5. The van der Waals surface area contributed by atoms with Crippen LogP contribution in [0.2, 0.25) is 0 Å². The number of benzene rings is 1. The molecule has 0 radical (unpaired) electrons. The maximum atomic E-state index is 14.1. The van der Waals surface area contributed by atoms with Gasteiger partial charge in [-0.25, -0.2) is 9.37 Å². The van der Waals surface area contributed by atoms with Crippen LogP contribution in [0, 0.1) is 25.1 Å². The minimum Gasteiger partial charge on any atom is -0.347 e. The predicted molar refractivity (Wildman–Crippen MR) is 107 cm³/mol. The molecule has 0 spiro atoms. The van der Waals surface area contributed by atoms with Crippen molar-refractivity contribution in [2.45, 2.75) is 45.2 Å². The van der Waals surface area contributed by atoms with E-state index in [1.165, 1.54) is 17.4 Å². The lowest BCUT2D eigenvalue weighted by Crippen LogP contribution is -2.49. The summed E-state index contributed by atoms with van der Waals surface area (Å²) in [4.78, 5) is 20.3. The molecule has 1 amide bonds. The molecule has 1 aliphatic rings. The molecule has 3 rings (SSSR count). The summed E-state index contributed by atoms with van der Waals surface area (Å²) >= 11 is 1.42. The van der Waals surface area contributed by atoms with E-state index in [4.69, 9.17) is 6.42 Å². The van der Waals surface area contributed by atoms with Crippen LogP contribution in [0.3, 0.4) is 0 Å². The second-order valence-corrected chi connectivity index (χ2v) is 7.90. The Labute approximate surface area is 163 Å². The molecule has 4 nitrogen and oxygen atoms in total. The van der Waals surface area contributed by atoms with Crippen LogP contribution < -0.4 is 5.32 Å². The van der Waals surface area contributed by atoms with Crippen molar-refractivity contribution in [3.63, 3.8) is 0 Å². The molecule has 1 saturated heterocycles. The highest BCUT2D eigenvalue weighted by atomic mass is 32.1. The average molecular weight is 386 g/mol. The number of piperidine rings is 1. The SMILES string of the molecule is C#CCN1CCCC[C@H]1C(=O)N[C@@H](C)c1sc(-c2ccccc2F)nc1C. The highest BCUT2D eigenvalue weighted by Gasteiger charge is 2.29. The van der Waals surface area contributed by atoms with E-state index in [0.717, 1.165) is 36.4 Å². The second-order valence-electron chi connectivity index (χ2n) is 6.86. The number of halogens is 1. The summed E-state index contributed by atoms with van der Waals surface area (Å²) in [5.74, 6) is 2.35. The Bertz CT molecular complexity index is 857. The Hall–Kier alpha value is -2.23. The number of thiazole rings is 1. The standard InChI is InChI=1S/C21H24FN3OS/c1-4-12-25-13-8-7-11-18(25)20(26)23-14(2)19-15(3)24-21(27-19)16-9-5-6-10-17(16)22/h1,5-6,9-10,14,18H,7-8,11-13H2,2-3H3,(H,23,26)/t14-,18-/m0/s1. The molecular formula is C21H24FN3OS. The van der Waals surface area contributed by atoms with Gasteiger partial charge in [0, 0.05) is 5.56 Å². The summed E-state index contributed by atoms with van der Waals surface area (Å²) in [6, 6.07) is 6.24. The fraction of sp³-hybridized carbons (Fsp3) is 0.429. The molecule has 27 heavy (non-hydrogen) atoms. The number of hydrogen-bond donors (Lipinski definition) is 1. The minimum atomic E-state index is -0.290. The van der Waals surface area contributed by atoms with Crippen molar-refractivity contribution < 1.29 is 9.18 Å². The number of carbonyl (C=O) groups excluding carboxylic acids is 1. The van der Waals surface area contributed by atoms with Crippen LogP contribution >= 0.6 is 11.3 Å². The molecule has 2 heterocycles. The van der Waals surface area contributed by atoms with Crippen LogP contribution in [0.25, 0.3) is 10.6 Å². The Morgan fingerprint density at radius 2 is 2.26 bits per heavy atom. The first-order valence-electron chi connectivity index (χ1n) is 9.21. The van der Waals surface area contributed by atoms with Gasteiger partial charge in [0.2, 0.25) is 5.91 Å². The molecule has 0 aliphatic carbocycles. The first-order valence-corrected chi connectivity index (χ1v) is 10.0. The van der Waals surface area contributed by atoms with Crippen LogP contribution in [0.5, 0.6) is 0 Å². The molecule has 0 bridgehead atoms. The van der Waals surface area contributed by atoms with E-state index in [1.54, 1.807) is 18.2 Å². The number of carbonyl (C=O) groups is 1. The molecule has 142 valence electrons. The van der Waals surface area contributed by atoms with Gasteiger partial charge in [-0.15, -0.1) is 17.8 Å². The van der Waals surface area contributed by atoms with Crippen LogP contribution in [-0.2, 0) is 4.79 Å². The molecule has 1 fully saturated rings. The van der Waals surface area contributed by atoms with Gasteiger partial charge in [-0.2, -0.15) is 0 Å². The monoisotopic (exact) mass is 385 g/mol. The number of aromatic nitrogens is 1. The maximum Gasteiger partial charge on any atom is 0.237 e. The summed E-state index contributed by atoms with van der Waals surface area (Å²) in [6.07, 6.45) is 8.37. The largest absolute Gasteiger partial charge is 0.347 e. The topological polar surface area (TPSA) is 45.2 Å². The van der Waals surface area contributed by atoms with Crippen LogP contribution in [0.1, 0.15) is 42.8 Å². The molecule has 2 atom stereocenters. The van der Waals surface area contributed by atoms with E-state index in [-0.39, 0.29) is 23.8 Å². The summed E-state index contributed by atoms with van der Waals surface area (Å²) in [6.45, 7) is 5.18. The zero-order valence-electron chi connectivity index (χ0n) is 15.7. The minimum absolute atomic E-state index is 0.00214. The fourth-order valence-corrected chi connectivity index (χ4v) is 4.62. The summed E-state index contributed by atoms with van der Waals surface area (Å²) < 4.78 is 14.1. The summed E-state index contributed by atoms with van der Waals surface area (Å²) in [5, 5.41) is 3.73. The quantitative estimate of drug-likeness (QED) is 0.794. The smallest absolute Gasteiger partial charge is 0.237 e. The number of likely N-dealkylation sites (tertiary alicyclic amines) is 1. The highest BCUT2D eigenvalue weighted by Crippen LogP contribution is 2.33. The lowest BCUT2D eigenvalue weighted by atomic mass is 10.0. The number of terminal acetylenes is 1. The van der Waals surface area contributed by atoms with Crippen molar-refractivity contribution in [2.75, 3.05) is 13.1 Å². The number of nitrogens with zero attached hydrogens (tertiary/aromatic N) is 2. The van der Waals surface area contributed by atoms with Crippen LogP contribution in [0.15, 0.2) is 24.3 Å². The lowest BCUT2D eigenvalue weighted by molar-refractivity contribution is -0.128. The third kappa shape index (κ3) is 4.37. The number of amides is 1. The van der Waals surface area contributed by atoms with Crippen molar-refractivity contribution in [2.24, 2.45) is 0 Å². The van der Waals surface area contributed by atoms with Crippen molar-refractivity contribution in [3.8, 4) is 22.9 Å². The Morgan fingerprint density at radius 3 is 3.00 bits per heavy atom. The van der Waals surface area contributed by atoms with Gasteiger partial charge in [0.1, 0.15) is 10.8 Å². The van der Waals surface area contributed by atoms with Crippen molar-refractivity contribution in [3.05, 3.63) is 40.7 Å². The molecule has 1 N–H and O–H groups in total. The summed E-state index contributed by atoms with van der Waals surface area (Å²) in [7, 11) is 0. The van der Waals surface area contributed by atoms with Crippen molar-refractivity contribution in [1.29, 1.82) is 0 Å². The Kier molecular flexibility index (Phi) is 6.25. The van der Waals surface area contributed by atoms with E-state index in [1.807, 2.05) is 13.8 Å². The number of rotatable bonds is 5. The molecular weight excluding hydrogens is 361 g/mol. The Morgan fingerprint density at radius 1 is 1.48 bits per heavy atom. The van der Waals surface area contributed by atoms with Gasteiger partial charge in [-0.3, -0.25) is 9.69 Å². The molecule has 6 heteroatoms. The van der Waals surface area contributed by atoms with Gasteiger partial charge in [-0.1, -0.05) is 24.5 Å². The van der Waals surface area contributed by atoms with Crippen LogP contribution in [-0.4, -0.2) is 34.9 Å². The third-order valence-electron chi connectivity index (χ3n) is 4.90. The van der Waals surface area contributed by atoms with Crippen molar-refractivity contribution in [1.82, 2.24) is 15.2 Å². The van der Waals surface area contributed by atoms with Gasteiger partial charge in [0.05, 0.1) is 29.2 Å². The molecule has 0 saturated carbocycles. The predicted octanol–water partition coefficient (Wildman–Crippen LogP) is 3.92. The molecule has 1 aromatic heterocycles. The van der Waals surface area contributed by atoms with Gasteiger partial charge >= 0.3 is 0 Å². The molecule has 1 aliphatic heterocycles. The highest BCUT2D eigenvalue weighted by molar-refractivity contribution is 7.15. The molecule has 0 unspecified atom stereocenters. The van der Waals surface area contributed by atoms with Gasteiger partial charge < -0.3 is 5.32 Å². The normalized spacial score (nSPS) is 18.7. The maximum absolute atomic E-state index is 14.1. The molecule has 2 aromatic rings. The van der Waals surface area contributed by atoms with E-state index in [2.05, 4.69) is 21.1 Å².